The van der Waals surface area contributed by atoms with Gasteiger partial charge in [0.25, 0.3) is 0 Å². The van der Waals surface area contributed by atoms with Crippen LogP contribution in [0.4, 0.5) is 4.39 Å². The second kappa shape index (κ2) is 5.36. The van der Waals surface area contributed by atoms with Crippen molar-refractivity contribution in [2.75, 3.05) is 20.8 Å². The van der Waals surface area contributed by atoms with Crippen LogP contribution in [-0.4, -0.2) is 20.8 Å². The van der Waals surface area contributed by atoms with Gasteiger partial charge < -0.3 is 15.2 Å². The van der Waals surface area contributed by atoms with Gasteiger partial charge >= 0.3 is 0 Å². The van der Waals surface area contributed by atoms with Gasteiger partial charge in [-0.25, -0.2) is 4.39 Å². The van der Waals surface area contributed by atoms with Crippen molar-refractivity contribution < 1.29 is 13.9 Å². The summed E-state index contributed by atoms with van der Waals surface area (Å²) in [6.07, 6.45) is 3.28. The summed E-state index contributed by atoms with van der Waals surface area (Å²) in [6.45, 7) is 0.369. The first-order valence-electron chi connectivity index (χ1n) is 4.51. The summed E-state index contributed by atoms with van der Waals surface area (Å²) in [5.41, 5.74) is 5.72. The van der Waals surface area contributed by atoms with Crippen molar-refractivity contribution in [1.82, 2.24) is 0 Å². The molecular weight excluding hydrogens is 197 g/mol. The minimum absolute atomic E-state index is 0.108. The zero-order chi connectivity index (χ0) is 11.3. The van der Waals surface area contributed by atoms with Crippen LogP contribution in [0.2, 0.25) is 0 Å². The molecule has 82 valence electrons. The Morgan fingerprint density at radius 3 is 2.60 bits per heavy atom. The average molecular weight is 211 g/mol. The second-order valence-electron chi connectivity index (χ2n) is 2.84. The highest BCUT2D eigenvalue weighted by molar-refractivity contribution is 5.57. The Morgan fingerprint density at radius 1 is 1.33 bits per heavy atom. The smallest absolute Gasteiger partial charge is 0.197 e. The Kier molecular flexibility index (Phi) is 4.12. The molecule has 0 saturated heterocycles. The standard InChI is InChI=1S/C11H14FNO2/c1-14-9-6-5-8(4-3-7-13)10(12)11(9)15-2/h3-6H,7,13H2,1-2H3/b4-3+. The van der Waals surface area contributed by atoms with E-state index in [4.69, 9.17) is 15.2 Å². The van der Waals surface area contributed by atoms with E-state index in [1.54, 1.807) is 24.3 Å². The molecule has 0 unspecified atom stereocenters. The fraction of sp³-hybridized carbons (Fsp3) is 0.273. The van der Waals surface area contributed by atoms with Crippen LogP contribution < -0.4 is 15.2 Å². The third-order valence-corrected chi connectivity index (χ3v) is 1.95. The summed E-state index contributed by atoms with van der Waals surface area (Å²) in [5, 5.41) is 0. The monoisotopic (exact) mass is 211 g/mol. The Hall–Kier alpha value is -1.55. The lowest BCUT2D eigenvalue weighted by Gasteiger charge is -2.09. The second-order valence-corrected chi connectivity index (χ2v) is 2.84. The van der Waals surface area contributed by atoms with Gasteiger partial charge in [0.2, 0.25) is 0 Å². The first-order chi connectivity index (χ1) is 7.24. The van der Waals surface area contributed by atoms with Gasteiger partial charge in [-0.05, 0) is 12.1 Å². The van der Waals surface area contributed by atoms with Crippen molar-refractivity contribution >= 4 is 6.08 Å². The van der Waals surface area contributed by atoms with Gasteiger partial charge in [0, 0.05) is 12.1 Å². The Morgan fingerprint density at radius 2 is 2.07 bits per heavy atom. The van der Waals surface area contributed by atoms with Crippen molar-refractivity contribution in [3.8, 4) is 11.5 Å². The van der Waals surface area contributed by atoms with Crippen LogP contribution in [-0.2, 0) is 0 Å². The molecule has 15 heavy (non-hydrogen) atoms. The van der Waals surface area contributed by atoms with E-state index >= 15 is 0 Å². The highest BCUT2D eigenvalue weighted by Gasteiger charge is 2.12. The van der Waals surface area contributed by atoms with Gasteiger partial charge in [0.1, 0.15) is 0 Å². The molecule has 0 aliphatic heterocycles. The fourth-order valence-electron chi connectivity index (χ4n) is 1.23. The maximum absolute atomic E-state index is 13.7. The van der Waals surface area contributed by atoms with E-state index in [2.05, 4.69) is 0 Å². The van der Waals surface area contributed by atoms with Gasteiger partial charge in [-0.3, -0.25) is 0 Å². The van der Waals surface area contributed by atoms with Crippen LogP contribution >= 0.6 is 0 Å². The van der Waals surface area contributed by atoms with Crippen molar-refractivity contribution in [3.63, 3.8) is 0 Å². The van der Waals surface area contributed by atoms with Crippen molar-refractivity contribution in [1.29, 1.82) is 0 Å². The lowest BCUT2D eigenvalue weighted by Crippen LogP contribution is -1.96. The van der Waals surface area contributed by atoms with Gasteiger partial charge in [-0.15, -0.1) is 0 Å². The number of hydrogen-bond donors (Lipinski definition) is 1. The van der Waals surface area contributed by atoms with Crippen LogP contribution in [0.15, 0.2) is 18.2 Å². The number of rotatable bonds is 4. The molecule has 0 radical (unpaired) electrons. The van der Waals surface area contributed by atoms with E-state index in [1.807, 2.05) is 0 Å². The van der Waals surface area contributed by atoms with Gasteiger partial charge in [-0.2, -0.15) is 0 Å². The molecule has 1 aromatic carbocycles. The molecule has 1 rings (SSSR count). The predicted octanol–water partition coefficient (Wildman–Crippen LogP) is 1.81. The molecule has 0 atom stereocenters. The largest absolute Gasteiger partial charge is 0.493 e. The number of nitrogens with two attached hydrogens (primary N) is 1. The Balaban J connectivity index is 3.17. The van der Waals surface area contributed by atoms with Crippen LogP contribution in [0.5, 0.6) is 11.5 Å². The zero-order valence-electron chi connectivity index (χ0n) is 8.79. The van der Waals surface area contributed by atoms with Crippen molar-refractivity contribution in [2.24, 2.45) is 5.73 Å². The number of ether oxygens (including phenoxy) is 2. The molecule has 0 spiro atoms. The van der Waals surface area contributed by atoms with Crippen LogP contribution in [0.1, 0.15) is 5.56 Å². The molecule has 4 heteroatoms. The first-order valence-corrected chi connectivity index (χ1v) is 4.51. The van der Waals surface area contributed by atoms with Crippen molar-refractivity contribution in [3.05, 3.63) is 29.6 Å². The molecule has 0 amide bonds. The summed E-state index contributed by atoms with van der Waals surface area (Å²) < 4.78 is 23.6. The van der Waals surface area contributed by atoms with Gasteiger partial charge in [-0.1, -0.05) is 12.2 Å². The third kappa shape index (κ3) is 2.47. The van der Waals surface area contributed by atoms with Crippen molar-refractivity contribution in [2.45, 2.75) is 0 Å². The SMILES string of the molecule is COc1ccc(/C=C/CN)c(F)c1OC. The molecule has 0 saturated carbocycles. The summed E-state index contributed by atoms with van der Waals surface area (Å²) in [6, 6.07) is 3.26. The summed E-state index contributed by atoms with van der Waals surface area (Å²) >= 11 is 0. The lowest BCUT2D eigenvalue weighted by molar-refractivity contribution is 0.337. The predicted molar refractivity (Wildman–Crippen MR) is 57.6 cm³/mol. The van der Waals surface area contributed by atoms with Crippen LogP contribution in [0, 0.1) is 5.82 Å². The van der Waals surface area contributed by atoms with E-state index in [1.165, 1.54) is 14.2 Å². The van der Waals surface area contributed by atoms with Gasteiger partial charge in [0.05, 0.1) is 14.2 Å². The van der Waals surface area contributed by atoms with E-state index in [-0.39, 0.29) is 5.75 Å². The van der Waals surface area contributed by atoms with E-state index < -0.39 is 5.82 Å². The zero-order valence-corrected chi connectivity index (χ0v) is 8.79. The maximum Gasteiger partial charge on any atom is 0.197 e. The maximum atomic E-state index is 13.7. The van der Waals surface area contributed by atoms with E-state index in [9.17, 15) is 4.39 Å². The fourth-order valence-corrected chi connectivity index (χ4v) is 1.23. The highest BCUT2D eigenvalue weighted by atomic mass is 19.1. The number of benzene rings is 1. The quantitative estimate of drug-likeness (QED) is 0.826. The molecule has 3 nitrogen and oxygen atoms in total. The molecular formula is C11H14FNO2. The third-order valence-electron chi connectivity index (χ3n) is 1.95. The minimum atomic E-state index is -0.443. The normalized spacial score (nSPS) is 10.7. The Labute approximate surface area is 88.3 Å². The molecule has 0 heterocycles. The molecule has 0 aliphatic carbocycles. The average Bonchev–Trinajstić information content (AvgIpc) is 2.27. The van der Waals surface area contributed by atoms with Crippen LogP contribution in [0.3, 0.4) is 0 Å². The number of halogens is 1. The van der Waals surface area contributed by atoms with Gasteiger partial charge in [0.15, 0.2) is 17.3 Å². The molecule has 1 aromatic rings. The molecule has 0 bridgehead atoms. The minimum Gasteiger partial charge on any atom is -0.493 e. The van der Waals surface area contributed by atoms with E-state index in [0.29, 0.717) is 17.9 Å². The summed E-state index contributed by atoms with van der Waals surface area (Å²) in [5.74, 6) is 0.0399. The summed E-state index contributed by atoms with van der Waals surface area (Å²) in [7, 11) is 2.87. The van der Waals surface area contributed by atoms with E-state index in [0.717, 1.165) is 0 Å². The molecule has 2 N–H and O–H groups in total. The van der Waals surface area contributed by atoms with Crippen LogP contribution in [0.25, 0.3) is 6.08 Å². The molecule has 0 fully saturated rings. The highest BCUT2D eigenvalue weighted by Crippen LogP contribution is 2.32. The first kappa shape index (κ1) is 11.5. The summed E-state index contributed by atoms with van der Waals surface area (Å²) in [4.78, 5) is 0. The number of hydrogen-bond acceptors (Lipinski definition) is 3. The Bertz CT molecular complexity index is 364. The topological polar surface area (TPSA) is 44.5 Å². The number of methoxy groups -OCH3 is 2. The molecule has 0 aromatic heterocycles. The lowest BCUT2D eigenvalue weighted by atomic mass is 10.1. The molecule has 0 aliphatic rings.